The SMILES string of the molecule is C=CCN1CCC2(CC1)CN(C(=O)c1ccc(Cl)c([N+](=O)[O-])c1)c1ccc(F)cc12. The van der Waals surface area contributed by atoms with E-state index in [1.54, 1.807) is 11.0 Å². The minimum absolute atomic E-state index is 0.0218. The Balaban J connectivity index is 1.69. The van der Waals surface area contributed by atoms with Gasteiger partial charge in [-0.3, -0.25) is 19.8 Å². The van der Waals surface area contributed by atoms with Gasteiger partial charge in [-0.15, -0.1) is 6.58 Å². The van der Waals surface area contributed by atoms with Crippen molar-refractivity contribution < 1.29 is 14.1 Å². The fourth-order valence-electron chi connectivity index (χ4n) is 4.54. The Hall–Kier alpha value is -2.77. The quantitative estimate of drug-likeness (QED) is 0.405. The molecule has 2 heterocycles. The van der Waals surface area contributed by atoms with E-state index in [-0.39, 0.29) is 33.4 Å². The Morgan fingerprint density at radius 2 is 2.00 bits per heavy atom. The summed E-state index contributed by atoms with van der Waals surface area (Å²) in [6, 6.07) is 8.53. The van der Waals surface area contributed by atoms with E-state index in [9.17, 15) is 19.3 Å². The largest absolute Gasteiger partial charge is 0.307 e. The van der Waals surface area contributed by atoms with Gasteiger partial charge in [0.2, 0.25) is 0 Å². The number of piperidine rings is 1. The van der Waals surface area contributed by atoms with Crippen LogP contribution in [0, 0.1) is 15.9 Å². The predicted octanol–water partition coefficient (Wildman–Crippen LogP) is 4.57. The van der Waals surface area contributed by atoms with Crippen LogP contribution >= 0.6 is 11.6 Å². The number of carbonyl (C=O) groups is 1. The Kier molecular flexibility index (Phi) is 5.34. The number of amides is 1. The van der Waals surface area contributed by atoms with Crippen LogP contribution in [0.15, 0.2) is 49.1 Å². The van der Waals surface area contributed by atoms with Gasteiger partial charge >= 0.3 is 0 Å². The Bertz CT molecular complexity index is 1030. The lowest BCUT2D eigenvalue weighted by molar-refractivity contribution is -0.384. The third-order valence-corrected chi connectivity index (χ3v) is 6.44. The first-order chi connectivity index (χ1) is 14.3. The second kappa shape index (κ2) is 7.81. The van der Waals surface area contributed by atoms with Crippen molar-refractivity contribution in [2.45, 2.75) is 18.3 Å². The highest BCUT2D eigenvalue weighted by Crippen LogP contribution is 2.47. The topological polar surface area (TPSA) is 66.7 Å². The molecule has 0 N–H and O–H groups in total. The molecule has 0 unspecified atom stereocenters. The van der Waals surface area contributed by atoms with E-state index in [0.29, 0.717) is 12.2 Å². The standard InChI is InChI=1S/C22H21ClFN3O3/c1-2-9-25-10-7-22(8-11-25)14-26(19-6-4-16(24)13-17(19)22)21(28)15-3-5-18(23)20(12-15)27(29)30/h2-6,12-13H,1,7-11,14H2. The summed E-state index contributed by atoms with van der Waals surface area (Å²) in [7, 11) is 0. The van der Waals surface area contributed by atoms with Crippen LogP contribution < -0.4 is 4.90 Å². The van der Waals surface area contributed by atoms with Crippen molar-refractivity contribution in [2.75, 3.05) is 31.1 Å². The van der Waals surface area contributed by atoms with Crippen LogP contribution in [0.2, 0.25) is 5.02 Å². The summed E-state index contributed by atoms with van der Waals surface area (Å²) in [4.78, 5) is 27.8. The first-order valence-electron chi connectivity index (χ1n) is 9.74. The van der Waals surface area contributed by atoms with Gasteiger partial charge in [-0.05, 0) is 61.8 Å². The van der Waals surface area contributed by atoms with Crippen molar-refractivity contribution in [1.29, 1.82) is 0 Å². The molecular formula is C22H21ClFN3O3. The summed E-state index contributed by atoms with van der Waals surface area (Å²) in [6.07, 6.45) is 3.45. The van der Waals surface area contributed by atoms with Crippen molar-refractivity contribution in [3.63, 3.8) is 0 Å². The molecule has 0 atom stereocenters. The predicted molar refractivity (Wildman–Crippen MR) is 114 cm³/mol. The van der Waals surface area contributed by atoms with Crippen LogP contribution in [0.5, 0.6) is 0 Å². The first-order valence-corrected chi connectivity index (χ1v) is 10.1. The maximum absolute atomic E-state index is 14.1. The molecule has 1 saturated heterocycles. The van der Waals surface area contributed by atoms with Crippen LogP contribution in [0.25, 0.3) is 0 Å². The second-order valence-corrected chi connectivity index (χ2v) is 8.25. The third-order valence-electron chi connectivity index (χ3n) is 6.12. The molecule has 2 aliphatic rings. The number of fused-ring (bicyclic) bond motifs is 2. The maximum atomic E-state index is 14.1. The third kappa shape index (κ3) is 3.48. The molecular weight excluding hydrogens is 409 g/mol. The highest BCUT2D eigenvalue weighted by Gasteiger charge is 2.46. The van der Waals surface area contributed by atoms with E-state index in [2.05, 4.69) is 11.5 Å². The average Bonchev–Trinajstić information content (AvgIpc) is 3.03. The molecule has 0 saturated carbocycles. The number of halogens is 2. The van der Waals surface area contributed by atoms with Crippen molar-refractivity contribution >= 4 is 28.9 Å². The fourth-order valence-corrected chi connectivity index (χ4v) is 4.72. The van der Waals surface area contributed by atoms with E-state index in [0.717, 1.165) is 38.0 Å². The molecule has 1 fully saturated rings. The number of rotatable bonds is 4. The fraction of sp³-hybridized carbons (Fsp3) is 0.318. The lowest BCUT2D eigenvalue weighted by Gasteiger charge is -2.39. The van der Waals surface area contributed by atoms with Crippen LogP contribution in [0.4, 0.5) is 15.8 Å². The van der Waals surface area contributed by atoms with Crippen LogP contribution in [0.3, 0.4) is 0 Å². The van der Waals surface area contributed by atoms with Crippen molar-refractivity contribution in [3.8, 4) is 0 Å². The number of hydrogen-bond acceptors (Lipinski definition) is 4. The minimum atomic E-state index is -0.608. The Morgan fingerprint density at radius 1 is 1.27 bits per heavy atom. The van der Waals surface area contributed by atoms with E-state index >= 15 is 0 Å². The molecule has 6 nitrogen and oxygen atoms in total. The number of hydrogen-bond donors (Lipinski definition) is 0. The van der Waals surface area contributed by atoms with Gasteiger partial charge in [0.05, 0.1) is 4.92 Å². The lowest BCUT2D eigenvalue weighted by Crippen LogP contribution is -2.46. The number of nitro groups is 1. The Morgan fingerprint density at radius 3 is 2.67 bits per heavy atom. The van der Waals surface area contributed by atoms with Gasteiger partial charge in [0.15, 0.2) is 0 Å². The first kappa shape index (κ1) is 20.5. The highest BCUT2D eigenvalue weighted by atomic mass is 35.5. The van der Waals surface area contributed by atoms with E-state index in [1.807, 2.05) is 6.08 Å². The molecule has 30 heavy (non-hydrogen) atoms. The normalized spacial score (nSPS) is 17.7. The summed E-state index contributed by atoms with van der Waals surface area (Å²) < 4.78 is 14.1. The summed E-state index contributed by atoms with van der Waals surface area (Å²) in [5.74, 6) is -0.689. The molecule has 2 aromatic carbocycles. The molecule has 0 radical (unpaired) electrons. The second-order valence-electron chi connectivity index (χ2n) is 7.85. The molecule has 0 aliphatic carbocycles. The van der Waals surface area contributed by atoms with Crippen LogP contribution in [-0.2, 0) is 5.41 Å². The van der Waals surface area contributed by atoms with E-state index in [1.165, 1.54) is 30.3 Å². The van der Waals surface area contributed by atoms with Gasteiger partial charge in [0, 0.05) is 35.8 Å². The number of nitrogens with zero attached hydrogens (tertiary/aromatic N) is 3. The summed E-state index contributed by atoms with van der Waals surface area (Å²) in [5, 5.41) is 11.2. The number of carbonyl (C=O) groups excluding carboxylic acids is 1. The molecule has 8 heteroatoms. The van der Waals surface area contributed by atoms with Crippen molar-refractivity contribution in [1.82, 2.24) is 4.90 Å². The van der Waals surface area contributed by atoms with Crippen LogP contribution in [-0.4, -0.2) is 41.9 Å². The zero-order chi connectivity index (χ0) is 21.5. The molecule has 4 rings (SSSR count). The Labute approximate surface area is 178 Å². The number of likely N-dealkylation sites (tertiary alicyclic amines) is 1. The van der Waals surface area contributed by atoms with Gasteiger partial charge in [-0.2, -0.15) is 0 Å². The van der Waals surface area contributed by atoms with Crippen molar-refractivity contribution in [3.05, 3.63) is 81.1 Å². The molecule has 0 bridgehead atoms. The van der Waals surface area contributed by atoms with Gasteiger partial charge in [0.25, 0.3) is 11.6 Å². The zero-order valence-electron chi connectivity index (χ0n) is 16.3. The highest BCUT2D eigenvalue weighted by molar-refractivity contribution is 6.32. The minimum Gasteiger partial charge on any atom is -0.307 e. The molecule has 1 amide bonds. The number of nitro benzene ring substituents is 1. The summed E-state index contributed by atoms with van der Waals surface area (Å²) in [5.41, 5.74) is 1.04. The molecule has 2 aromatic rings. The number of anilines is 1. The van der Waals surface area contributed by atoms with Gasteiger partial charge in [-0.25, -0.2) is 4.39 Å². The monoisotopic (exact) mass is 429 g/mol. The van der Waals surface area contributed by atoms with Crippen LogP contribution in [0.1, 0.15) is 28.8 Å². The van der Waals surface area contributed by atoms with Gasteiger partial charge in [-0.1, -0.05) is 17.7 Å². The zero-order valence-corrected chi connectivity index (χ0v) is 17.1. The molecule has 1 spiro atoms. The van der Waals surface area contributed by atoms with Gasteiger partial charge < -0.3 is 4.90 Å². The maximum Gasteiger partial charge on any atom is 0.288 e. The molecule has 2 aliphatic heterocycles. The van der Waals surface area contributed by atoms with E-state index < -0.39 is 4.92 Å². The van der Waals surface area contributed by atoms with Gasteiger partial charge in [0.1, 0.15) is 10.8 Å². The molecule has 0 aromatic heterocycles. The van der Waals surface area contributed by atoms with Crippen molar-refractivity contribution in [2.24, 2.45) is 0 Å². The average molecular weight is 430 g/mol. The lowest BCUT2D eigenvalue weighted by atomic mass is 9.74. The molecule has 156 valence electrons. The number of benzene rings is 2. The van der Waals surface area contributed by atoms with E-state index in [4.69, 9.17) is 11.6 Å². The smallest absolute Gasteiger partial charge is 0.288 e. The summed E-state index contributed by atoms with van der Waals surface area (Å²) >= 11 is 5.89. The summed E-state index contributed by atoms with van der Waals surface area (Å²) in [6.45, 7) is 6.66.